The summed E-state index contributed by atoms with van der Waals surface area (Å²) in [5.41, 5.74) is 5.37. The summed E-state index contributed by atoms with van der Waals surface area (Å²) in [7, 11) is 0. The minimum Gasteiger partial charge on any atom is -0.251 e. The van der Waals surface area contributed by atoms with Crippen molar-refractivity contribution in [1.29, 1.82) is 0 Å². The summed E-state index contributed by atoms with van der Waals surface area (Å²) in [6, 6.07) is 18.1. The van der Waals surface area contributed by atoms with Crippen LogP contribution in [0.15, 0.2) is 60.7 Å². The minimum absolute atomic E-state index is 0.204. The topological polar surface area (TPSA) is 0 Å². The summed E-state index contributed by atoms with van der Waals surface area (Å²) in [5.74, 6) is 3.93. The number of allylic oxidation sites excluding steroid dienone is 2. The molecule has 2 aromatic carbocycles. The standard InChI is InChI=1S/C34H47F/c1-2-3-6-27-10-18-31(19-11-27)33-22-14-29(15-23-33)8-9-30-16-24-34(25-17-30)32-20-12-28(13-21-32)7-4-5-26-35/h2-3,12-13,16-17,20-21,24-25,27,29,31,33H,4-11,14-15,18-19,22-23,26H2,1H3/b3-2+. The third-order valence-corrected chi connectivity index (χ3v) is 9.09. The maximum Gasteiger partial charge on any atom is 0.0894 e. The first kappa shape index (κ1) is 26.2. The third-order valence-electron chi connectivity index (χ3n) is 9.09. The molecule has 4 rings (SSSR count). The molecule has 0 bridgehead atoms. The van der Waals surface area contributed by atoms with E-state index < -0.39 is 0 Å². The summed E-state index contributed by atoms with van der Waals surface area (Å²) in [6.45, 7) is 1.95. The molecule has 1 heteroatoms. The molecular formula is C34H47F. The van der Waals surface area contributed by atoms with E-state index >= 15 is 0 Å². The van der Waals surface area contributed by atoms with Gasteiger partial charge in [-0.3, -0.25) is 4.39 Å². The molecule has 2 aliphatic rings. The third kappa shape index (κ3) is 8.06. The normalized spacial score (nSPS) is 25.2. The van der Waals surface area contributed by atoms with Crippen molar-refractivity contribution in [3.63, 3.8) is 0 Å². The molecule has 0 nitrogen and oxygen atoms in total. The van der Waals surface area contributed by atoms with Crippen molar-refractivity contribution in [2.45, 2.75) is 96.8 Å². The summed E-state index contributed by atoms with van der Waals surface area (Å²) in [5, 5.41) is 0. The fourth-order valence-electron chi connectivity index (χ4n) is 6.69. The Morgan fingerprint density at radius 3 is 1.69 bits per heavy atom. The molecule has 0 heterocycles. The van der Waals surface area contributed by atoms with E-state index in [0.717, 1.165) is 36.5 Å². The zero-order valence-electron chi connectivity index (χ0n) is 22.1. The molecule has 2 aromatic rings. The molecule has 0 N–H and O–H groups in total. The van der Waals surface area contributed by atoms with E-state index in [1.54, 1.807) is 0 Å². The lowest BCUT2D eigenvalue weighted by atomic mass is 9.68. The summed E-state index contributed by atoms with van der Waals surface area (Å²) in [4.78, 5) is 0. The Hall–Kier alpha value is -1.89. The zero-order chi connectivity index (χ0) is 24.3. The van der Waals surface area contributed by atoms with E-state index in [9.17, 15) is 4.39 Å². The Labute approximate surface area is 214 Å². The van der Waals surface area contributed by atoms with Crippen molar-refractivity contribution in [3.8, 4) is 11.1 Å². The highest BCUT2D eigenvalue weighted by Gasteiger charge is 2.30. The lowest BCUT2D eigenvalue weighted by molar-refractivity contribution is 0.144. The number of benzene rings is 2. The SMILES string of the molecule is C/C=C/CC1CCC(C2CCC(CCc3ccc(-c4ccc(CCCCF)cc4)cc3)CC2)CC1. The molecule has 0 aromatic heterocycles. The first-order chi connectivity index (χ1) is 17.2. The van der Waals surface area contributed by atoms with Crippen LogP contribution in [-0.4, -0.2) is 6.67 Å². The van der Waals surface area contributed by atoms with E-state index in [1.165, 1.54) is 92.9 Å². The van der Waals surface area contributed by atoms with E-state index in [-0.39, 0.29) is 6.67 Å². The highest BCUT2D eigenvalue weighted by atomic mass is 19.1. The molecule has 0 amide bonds. The molecule has 0 saturated heterocycles. The Morgan fingerprint density at radius 2 is 1.17 bits per heavy atom. The molecule has 0 aliphatic heterocycles. The molecule has 0 spiro atoms. The zero-order valence-corrected chi connectivity index (χ0v) is 22.1. The Balaban J connectivity index is 1.16. The lowest BCUT2D eigenvalue weighted by Crippen LogP contribution is -2.26. The second kappa shape index (κ2) is 14.0. The molecule has 190 valence electrons. The molecular weight excluding hydrogens is 427 g/mol. The summed E-state index contributed by atoms with van der Waals surface area (Å²) in [6.07, 6.45) is 22.9. The van der Waals surface area contributed by atoms with Crippen LogP contribution in [0.25, 0.3) is 11.1 Å². The molecule has 2 aliphatic carbocycles. The second-order valence-corrected chi connectivity index (χ2v) is 11.4. The van der Waals surface area contributed by atoms with Gasteiger partial charge in [0.05, 0.1) is 6.67 Å². The molecule has 35 heavy (non-hydrogen) atoms. The van der Waals surface area contributed by atoms with Crippen molar-refractivity contribution in [1.82, 2.24) is 0 Å². The number of halogens is 1. The number of hydrogen-bond donors (Lipinski definition) is 0. The van der Waals surface area contributed by atoms with Crippen molar-refractivity contribution >= 4 is 0 Å². The number of rotatable bonds is 11. The smallest absolute Gasteiger partial charge is 0.0894 e. The number of hydrogen-bond acceptors (Lipinski definition) is 0. The van der Waals surface area contributed by atoms with Crippen molar-refractivity contribution in [2.24, 2.45) is 23.7 Å². The van der Waals surface area contributed by atoms with E-state index in [2.05, 4.69) is 67.6 Å². The Morgan fingerprint density at radius 1 is 0.657 bits per heavy atom. The van der Waals surface area contributed by atoms with Gasteiger partial charge in [0.15, 0.2) is 0 Å². The van der Waals surface area contributed by atoms with E-state index in [1.807, 2.05) is 0 Å². The van der Waals surface area contributed by atoms with Gasteiger partial charge in [-0.05, 0) is 130 Å². The predicted octanol–water partition coefficient (Wildman–Crippen LogP) is 10.2. The molecule has 0 radical (unpaired) electrons. The van der Waals surface area contributed by atoms with Crippen LogP contribution in [0, 0.1) is 23.7 Å². The Kier molecular flexibility index (Phi) is 10.5. The summed E-state index contributed by atoms with van der Waals surface area (Å²) >= 11 is 0. The lowest BCUT2D eigenvalue weighted by Gasteiger charge is -2.37. The van der Waals surface area contributed by atoms with Crippen LogP contribution < -0.4 is 0 Å². The van der Waals surface area contributed by atoms with Crippen LogP contribution in [0.3, 0.4) is 0 Å². The van der Waals surface area contributed by atoms with Crippen LogP contribution in [0.2, 0.25) is 0 Å². The van der Waals surface area contributed by atoms with Gasteiger partial charge in [-0.15, -0.1) is 0 Å². The maximum absolute atomic E-state index is 12.3. The molecule has 2 fully saturated rings. The summed E-state index contributed by atoms with van der Waals surface area (Å²) < 4.78 is 12.3. The number of aryl methyl sites for hydroxylation is 2. The van der Waals surface area contributed by atoms with Crippen molar-refractivity contribution < 1.29 is 4.39 Å². The van der Waals surface area contributed by atoms with Crippen LogP contribution in [0.5, 0.6) is 0 Å². The van der Waals surface area contributed by atoms with Crippen molar-refractivity contribution in [3.05, 3.63) is 71.8 Å². The quantitative estimate of drug-likeness (QED) is 0.224. The van der Waals surface area contributed by atoms with E-state index in [0.29, 0.717) is 6.42 Å². The largest absolute Gasteiger partial charge is 0.251 e. The van der Waals surface area contributed by atoms with Crippen LogP contribution in [0.4, 0.5) is 4.39 Å². The molecule has 2 saturated carbocycles. The van der Waals surface area contributed by atoms with Crippen LogP contribution >= 0.6 is 0 Å². The van der Waals surface area contributed by atoms with Crippen LogP contribution in [0.1, 0.15) is 95.1 Å². The van der Waals surface area contributed by atoms with Gasteiger partial charge in [0.1, 0.15) is 0 Å². The minimum atomic E-state index is -0.204. The van der Waals surface area contributed by atoms with Gasteiger partial charge in [0.25, 0.3) is 0 Å². The first-order valence-electron chi connectivity index (χ1n) is 14.6. The van der Waals surface area contributed by atoms with Gasteiger partial charge in [0.2, 0.25) is 0 Å². The van der Waals surface area contributed by atoms with Gasteiger partial charge >= 0.3 is 0 Å². The van der Waals surface area contributed by atoms with E-state index in [4.69, 9.17) is 0 Å². The monoisotopic (exact) mass is 474 g/mol. The van der Waals surface area contributed by atoms with Crippen molar-refractivity contribution in [2.75, 3.05) is 6.67 Å². The number of alkyl halides is 1. The highest BCUT2D eigenvalue weighted by molar-refractivity contribution is 5.64. The van der Waals surface area contributed by atoms with Gasteiger partial charge in [-0.1, -0.05) is 73.5 Å². The number of unbranched alkanes of at least 4 members (excludes halogenated alkanes) is 1. The van der Waals surface area contributed by atoms with Gasteiger partial charge in [0, 0.05) is 0 Å². The first-order valence-corrected chi connectivity index (χ1v) is 14.6. The Bertz CT molecular complexity index is 862. The maximum atomic E-state index is 12.3. The fraction of sp³-hybridized carbons (Fsp3) is 0.588. The molecule has 0 atom stereocenters. The highest BCUT2D eigenvalue weighted by Crippen LogP contribution is 2.42. The molecule has 0 unspecified atom stereocenters. The van der Waals surface area contributed by atoms with Crippen LogP contribution in [-0.2, 0) is 12.8 Å². The van der Waals surface area contributed by atoms with Gasteiger partial charge in [-0.25, -0.2) is 0 Å². The fourth-order valence-corrected chi connectivity index (χ4v) is 6.69. The predicted molar refractivity (Wildman–Crippen MR) is 149 cm³/mol. The average Bonchev–Trinajstić information content (AvgIpc) is 2.92. The average molecular weight is 475 g/mol. The second-order valence-electron chi connectivity index (χ2n) is 11.4. The van der Waals surface area contributed by atoms with Gasteiger partial charge in [-0.2, -0.15) is 0 Å². The van der Waals surface area contributed by atoms with Gasteiger partial charge < -0.3 is 0 Å².